The molecule has 39 heavy (non-hydrogen) atoms. The summed E-state index contributed by atoms with van der Waals surface area (Å²) in [6.07, 6.45) is 2.37. The summed E-state index contributed by atoms with van der Waals surface area (Å²) in [7, 11) is -6.76. The van der Waals surface area contributed by atoms with Crippen LogP contribution >= 0.6 is 43.5 Å². The summed E-state index contributed by atoms with van der Waals surface area (Å²) in [5.74, 6) is 0. The normalized spacial score (nSPS) is 14.4. The molecular formula is C26H26Br2ClN3O5S2. The van der Waals surface area contributed by atoms with E-state index in [9.17, 15) is 16.8 Å². The molecule has 0 amide bonds. The van der Waals surface area contributed by atoms with Crippen LogP contribution in [0.15, 0.2) is 55.1 Å². The van der Waals surface area contributed by atoms with Gasteiger partial charge >= 0.3 is 0 Å². The largest absolute Gasteiger partial charge is 0.378 e. The zero-order chi connectivity index (χ0) is 28.7. The minimum Gasteiger partial charge on any atom is -0.378 e. The van der Waals surface area contributed by atoms with Crippen molar-refractivity contribution in [2.75, 3.05) is 43.7 Å². The lowest BCUT2D eigenvalue weighted by molar-refractivity contribution is 0.122. The monoisotopic (exact) mass is 717 g/mol. The van der Waals surface area contributed by atoms with Gasteiger partial charge in [0.2, 0.25) is 0 Å². The second-order valence-electron chi connectivity index (χ2n) is 9.18. The molecule has 0 saturated carbocycles. The third-order valence-electron chi connectivity index (χ3n) is 6.13. The number of halogens is 3. The number of nitrogens with zero attached hydrogens (tertiary/aromatic N) is 3. The van der Waals surface area contributed by atoms with Gasteiger partial charge in [-0.25, -0.2) is 16.8 Å². The molecule has 13 heteroatoms. The highest BCUT2D eigenvalue weighted by molar-refractivity contribution is 9.10. The van der Waals surface area contributed by atoms with E-state index in [0.29, 0.717) is 53.5 Å². The van der Waals surface area contributed by atoms with Crippen LogP contribution in [0.2, 0.25) is 5.02 Å². The molecule has 0 unspecified atom stereocenters. The van der Waals surface area contributed by atoms with E-state index in [1.54, 1.807) is 26.0 Å². The summed E-state index contributed by atoms with van der Waals surface area (Å²) in [5, 5.41) is 1.71. The molecule has 0 atom stereocenters. The molecule has 0 bridgehead atoms. The molecule has 3 heterocycles. The minimum absolute atomic E-state index is 0.102. The maximum Gasteiger partial charge on any atom is 0.179 e. The Morgan fingerprint density at radius 3 is 1.77 bits per heavy atom. The molecule has 0 aliphatic carbocycles. The van der Waals surface area contributed by atoms with Gasteiger partial charge in [0, 0.05) is 45.3 Å². The SMILES string of the molecule is Cc1nc2ccc(Br)cc2c(Cl)c1S(C)(=O)=O.Cc1nc2ccc(Br)cc2c(N2CCOCC2)c1S(C)(=O)=O. The van der Waals surface area contributed by atoms with Crippen LogP contribution in [-0.2, 0) is 24.4 Å². The molecule has 2 aromatic carbocycles. The fourth-order valence-corrected chi connectivity index (χ4v) is 8.21. The number of ether oxygens (including phenoxy) is 1. The van der Waals surface area contributed by atoms with Crippen molar-refractivity contribution < 1.29 is 21.6 Å². The molecule has 8 nitrogen and oxygen atoms in total. The van der Waals surface area contributed by atoms with Gasteiger partial charge in [0.1, 0.15) is 9.79 Å². The van der Waals surface area contributed by atoms with E-state index in [4.69, 9.17) is 16.3 Å². The lowest BCUT2D eigenvalue weighted by Gasteiger charge is -2.31. The summed E-state index contributed by atoms with van der Waals surface area (Å²) >= 11 is 13.0. The number of aromatic nitrogens is 2. The van der Waals surface area contributed by atoms with Crippen molar-refractivity contribution in [3.63, 3.8) is 0 Å². The Bertz CT molecular complexity index is 1810. The third kappa shape index (κ3) is 6.57. The van der Waals surface area contributed by atoms with E-state index in [1.165, 1.54) is 6.26 Å². The lowest BCUT2D eigenvalue weighted by atomic mass is 10.1. The van der Waals surface area contributed by atoms with Gasteiger partial charge in [0.25, 0.3) is 0 Å². The summed E-state index contributed by atoms with van der Waals surface area (Å²) in [4.78, 5) is 11.2. The summed E-state index contributed by atoms with van der Waals surface area (Å²) < 4.78 is 55.1. The van der Waals surface area contributed by atoms with Gasteiger partial charge in [-0.2, -0.15) is 0 Å². The van der Waals surface area contributed by atoms with Crippen LogP contribution in [0.1, 0.15) is 11.4 Å². The number of hydrogen-bond donors (Lipinski definition) is 0. The standard InChI is InChI=1S/C15H17BrN2O3S.C11H9BrClNO2S/c1-10-15(22(2,19)20)14(18-5-7-21-8-6-18)12-9-11(16)3-4-13(12)17-10;1-6-11(17(2,15)16)10(13)8-5-7(12)3-4-9(8)14-6/h3-4,9H,5-8H2,1-2H3;3-5H,1-2H3. The maximum atomic E-state index is 12.3. The molecule has 4 aromatic rings. The van der Waals surface area contributed by atoms with Crippen LogP contribution < -0.4 is 4.90 Å². The van der Waals surface area contributed by atoms with Crippen LogP contribution in [0, 0.1) is 13.8 Å². The molecule has 1 aliphatic heterocycles. The minimum atomic E-state index is -3.38. The fourth-order valence-electron chi connectivity index (χ4n) is 4.59. The average molecular weight is 720 g/mol. The van der Waals surface area contributed by atoms with E-state index in [-0.39, 0.29) is 9.92 Å². The van der Waals surface area contributed by atoms with E-state index >= 15 is 0 Å². The topological polar surface area (TPSA) is 107 Å². The number of hydrogen-bond acceptors (Lipinski definition) is 8. The highest BCUT2D eigenvalue weighted by Crippen LogP contribution is 2.37. The molecule has 0 radical (unpaired) electrons. The fraction of sp³-hybridized carbons (Fsp3) is 0.308. The van der Waals surface area contributed by atoms with Gasteiger partial charge in [0.15, 0.2) is 19.7 Å². The Hall–Kier alpha value is -1.83. The Morgan fingerprint density at radius 1 is 0.795 bits per heavy atom. The second-order valence-corrected chi connectivity index (χ2v) is 15.3. The van der Waals surface area contributed by atoms with Crippen molar-refractivity contribution in [1.82, 2.24) is 9.97 Å². The van der Waals surface area contributed by atoms with E-state index < -0.39 is 19.7 Å². The Labute approximate surface area is 249 Å². The predicted molar refractivity (Wildman–Crippen MR) is 163 cm³/mol. The first-order valence-corrected chi connectivity index (χ1v) is 17.5. The molecule has 0 N–H and O–H groups in total. The second kappa shape index (κ2) is 11.6. The molecule has 208 valence electrons. The van der Waals surface area contributed by atoms with Crippen molar-refractivity contribution >= 4 is 90.6 Å². The lowest BCUT2D eigenvalue weighted by Crippen LogP contribution is -2.37. The number of benzene rings is 2. The third-order valence-corrected chi connectivity index (χ3v) is 10.1. The average Bonchev–Trinajstić information content (AvgIpc) is 2.83. The van der Waals surface area contributed by atoms with Gasteiger partial charge < -0.3 is 9.64 Å². The summed E-state index contributed by atoms with van der Waals surface area (Å²) in [5.41, 5.74) is 3.19. The smallest absolute Gasteiger partial charge is 0.179 e. The Balaban J connectivity index is 0.000000187. The maximum absolute atomic E-state index is 12.3. The first kappa shape index (κ1) is 30.1. The molecule has 5 rings (SSSR count). The predicted octanol–water partition coefficient (Wildman–Crippen LogP) is 5.91. The molecule has 1 aliphatic rings. The first-order chi connectivity index (χ1) is 18.2. The number of pyridine rings is 2. The molecule has 0 spiro atoms. The Morgan fingerprint density at radius 2 is 1.26 bits per heavy atom. The zero-order valence-electron chi connectivity index (χ0n) is 21.6. The van der Waals surface area contributed by atoms with Gasteiger partial charge in [-0.05, 0) is 50.2 Å². The van der Waals surface area contributed by atoms with Crippen molar-refractivity contribution in [3.05, 3.63) is 61.8 Å². The van der Waals surface area contributed by atoms with Crippen LogP contribution in [0.3, 0.4) is 0 Å². The number of rotatable bonds is 3. The first-order valence-electron chi connectivity index (χ1n) is 11.8. The van der Waals surface area contributed by atoms with Gasteiger partial charge in [-0.15, -0.1) is 0 Å². The van der Waals surface area contributed by atoms with E-state index in [2.05, 4.69) is 46.7 Å². The van der Waals surface area contributed by atoms with Gasteiger partial charge in [-0.1, -0.05) is 43.5 Å². The highest BCUT2D eigenvalue weighted by atomic mass is 79.9. The molecule has 2 aromatic heterocycles. The number of morpholine rings is 1. The van der Waals surface area contributed by atoms with E-state index in [0.717, 1.165) is 31.8 Å². The highest BCUT2D eigenvalue weighted by Gasteiger charge is 2.26. The van der Waals surface area contributed by atoms with Crippen molar-refractivity contribution in [2.24, 2.45) is 0 Å². The van der Waals surface area contributed by atoms with Crippen molar-refractivity contribution in [2.45, 2.75) is 23.6 Å². The van der Waals surface area contributed by atoms with Crippen molar-refractivity contribution in [1.29, 1.82) is 0 Å². The zero-order valence-corrected chi connectivity index (χ0v) is 27.2. The quantitative estimate of drug-likeness (QED) is 0.258. The number of aryl methyl sites for hydroxylation is 2. The van der Waals surface area contributed by atoms with Gasteiger partial charge in [0.05, 0.1) is 46.3 Å². The van der Waals surface area contributed by atoms with Gasteiger partial charge in [-0.3, -0.25) is 9.97 Å². The van der Waals surface area contributed by atoms with Crippen molar-refractivity contribution in [3.8, 4) is 0 Å². The number of sulfone groups is 2. The summed E-state index contributed by atoms with van der Waals surface area (Å²) in [6, 6.07) is 11.1. The summed E-state index contributed by atoms with van der Waals surface area (Å²) in [6.45, 7) is 5.94. The van der Waals surface area contributed by atoms with Crippen LogP contribution in [-0.4, -0.2) is 65.6 Å². The Kier molecular flexibility index (Phi) is 8.94. The van der Waals surface area contributed by atoms with E-state index in [1.807, 2.05) is 24.3 Å². The molecular weight excluding hydrogens is 694 g/mol. The van der Waals surface area contributed by atoms with Crippen LogP contribution in [0.25, 0.3) is 21.8 Å². The van der Waals surface area contributed by atoms with Crippen LogP contribution in [0.5, 0.6) is 0 Å². The number of anilines is 1. The molecule has 1 fully saturated rings. The molecule has 1 saturated heterocycles. The number of fused-ring (bicyclic) bond motifs is 2. The van der Waals surface area contributed by atoms with Crippen LogP contribution in [0.4, 0.5) is 5.69 Å².